The van der Waals surface area contributed by atoms with Gasteiger partial charge in [-0.2, -0.15) is 0 Å². The molecule has 2 heterocycles. The zero-order valence-electron chi connectivity index (χ0n) is 15.2. The van der Waals surface area contributed by atoms with Crippen molar-refractivity contribution >= 4 is 0 Å². The van der Waals surface area contributed by atoms with Gasteiger partial charge in [0.1, 0.15) is 11.9 Å². The summed E-state index contributed by atoms with van der Waals surface area (Å²) in [5.74, 6) is 0.863. The van der Waals surface area contributed by atoms with Gasteiger partial charge in [0, 0.05) is 12.5 Å². The molecule has 3 rings (SSSR count). The van der Waals surface area contributed by atoms with Crippen LogP contribution in [0, 0.1) is 0 Å². The highest BCUT2D eigenvalue weighted by Gasteiger charge is 2.44. The number of hydrogen-bond acceptors (Lipinski definition) is 6. The number of nitrogens with one attached hydrogen (secondary N) is 1. The van der Waals surface area contributed by atoms with Crippen LogP contribution in [0.5, 0.6) is 5.75 Å². The summed E-state index contributed by atoms with van der Waals surface area (Å²) in [4.78, 5) is 0. The van der Waals surface area contributed by atoms with Crippen molar-refractivity contribution in [1.29, 1.82) is 0 Å². The van der Waals surface area contributed by atoms with E-state index in [9.17, 15) is 5.11 Å². The Bertz CT molecular complexity index is 557. The molecule has 1 aromatic carbocycles. The van der Waals surface area contributed by atoms with Gasteiger partial charge >= 0.3 is 0 Å². The molecule has 2 fully saturated rings. The van der Waals surface area contributed by atoms with Crippen LogP contribution in [0.4, 0.5) is 0 Å². The minimum atomic E-state index is -1.03. The van der Waals surface area contributed by atoms with Crippen LogP contribution in [0.3, 0.4) is 0 Å². The molecular weight excluding hydrogens is 322 g/mol. The average Bonchev–Trinajstić information content (AvgIpc) is 3.18. The van der Waals surface area contributed by atoms with E-state index < -0.39 is 5.60 Å². The number of rotatable bonds is 7. The number of hydrogen-bond donors (Lipinski definition) is 2. The standard InChI is InChI=1S/C19H29NO5/c1-13(2)25-15-6-4-5-14(9-15)10-16-18(24-12-20-16)19(3,21)11-17-22-7-8-23-17/h4-6,9,13,16-18,20-21H,7-8,10-12H2,1-3H3. The predicted molar refractivity (Wildman–Crippen MR) is 93.5 cm³/mol. The van der Waals surface area contributed by atoms with Crippen LogP contribution in [-0.4, -0.2) is 55.2 Å². The largest absolute Gasteiger partial charge is 0.491 e. The van der Waals surface area contributed by atoms with E-state index in [1.807, 2.05) is 26.0 Å². The van der Waals surface area contributed by atoms with Gasteiger partial charge < -0.3 is 24.1 Å². The zero-order chi connectivity index (χ0) is 17.9. The molecule has 2 N–H and O–H groups in total. The van der Waals surface area contributed by atoms with Gasteiger partial charge in [-0.25, -0.2) is 0 Å². The molecule has 0 amide bonds. The summed E-state index contributed by atoms with van der Waals surface area (Å²) in [6.07, 6.45) is 0.607. The highest BCUT2D eigenvalue weighted by Crippen LogP contribution is 2.29. The summed E-state index contributed by atoms with van der Waals surface area (Å²) >= 11 is 0. The molecule has 25 heavy (non-hydrogen) atoms. The molecule has 3 unspecified atom stereocenters. The molecule has 0 aromatic heterocycles. The van der Waals surface area contributed by atoms with Crippen molar-refractivity contribution in [3.63, 3.8) is 0 Å². The fourth-order valence-electron chi connectivity index (χ4n) is 3.51. The van der Waals surface area contributed by atoms with Crippen molar-refractivity contribution in [3.05, 3.63) is 29.8 Å². The highest BCUT2D eigenvalue weighted by atomic mass is 16.7. The zero-order valence-corrected chi connectivity index (χ0v) is 15.2. The van der Waals surface area contributed by atoms with Crippen LogP contribution in [0.2, 0.25) is 0 Å². The average molecular weight is 351 g/mol. The first-order valence-corrected chi connectivity index (χ1v) is 9.00. The summed E-state index contributed by atoms with van der Waals surface area (Å²) in [5, 5.41) is 14.3. The van der Waals surface area contributed by atoms with Gasteiger partial charge in [-0.15, -0.1) is 0 Å². The third kappa shape index (κ3) is 4.92. The minimum Gasteiger partial charge on any atom is -0.491 e. The molecule has 140 valence electrons. The topological polar surface area (TPSA) is 69.2 Å². The van der Waals surface area contributed by atoms with Gasteiger partial charge in [-0.1, -0.05) is 12.1 Å². The molecular formula is C19H29NO5. The monoisotopic (exact) mass is 351 g/mol. The Hall–Kier alpha value is -1.18. The van der Waals surface area contributed by atoms with E-state index in [-0.39, 0.29) is 24.5 Å². The van der Waals surface area contributed by atoms with Gasteiger partial charge in [0.05, 0.1) is 31.6 Å². The van der Waals surface area contributed by atoms with Crippen molar-refractivity contribution in [2.45, 2.75) is 63.8 Å². The Balaban J connectivity index is 1.65. The molecule has 6 heteroatoms. The van der Waals surface area contributed by atoms with E-state index in [1.54, 1.807) is 6.92 Å². The quantitative estimate of drug-likeness (QED) is 0.781. The maximum Gasteiger partial charge on any atom is 0.160 e. The molecule has 2 aliphatic rings. The van der Waals surface area contributed by atoms with Crippen LogP contribution >= 0.6 is 0 Å². The summed E-state index contributed by atoms with van der Waals surface area (Å²) in [6, 6.07) is 8.10. The summed E-state index contributed by atoms with van der Waals surface area (Å²) < 4.78 is 22.5. The summed E-state index contributed by atoms with van der Waals surface area (Å²) in [5.41, 5.74) is 0.116. The number of ether oxygens (including phenoxy) is 4. The van der Waals surface area contributed by atoms with Crippen molar-refractivity contribution in [2.75, 3.05) is 19.9 Å². The Morgan fingerprint density at radius 3 is 2.76 bits per heavy atom. The predicted octanol–water partition coefficient (Wildman–Crippen LogP) is 1.84. The number of benzene rings is 1. The second-order valence-corrected chi connectivity index (χ2v) is 7.29. The SMILES string of the molecule is CC(C)Oc1cccc(CC2NCOC2C(C)(O)CC2OCCO2)c1. The fraction of sp³-hybridized carbons (Fsp3) is 0.684. The first kappa shape index (κ1) is 18.6. The van der Waals surface area contributed by atoms with Gasteiger partial charge in [0.15, 0.2) is 6.29 Å². The Morgan fingerprint density at radius 1 is 1.28 bits per heavy atom. The summed E-state index contributed by atoms with van der Waals surface area (Å²) in [7, 11) is 0. The van der Waals surface area contributed by atoms with Gasteiger partial charge in [0.2, 0.25) is 0 Å². The summed E-state index contributed by atoms with van der Waals surface area (Å²) in [6.45, 7) is 7.41. The highest BCUT2D eigenvalue weighted by molar-refractivity contribution is 5.29. The lowest BCUT2D eigenvalue weighted by atomic mass is 9.87. The van der Waals surface area contributed by atoms with Crippen LogP contribution < -0.4 is 10.1 Å². The van der Waals surface area contributed by atoms with Crippen LogP contribution in [0.25, 0.3) is 0 Å². The normalized spacial score (nSPS) is 26.9. The van der Waals surface area contributed by atoms with E-state index >= 15 is 0 Å². The van der Waals surface area contributed by atoms with Gasteiger partial charge in [0.25, 0.3) is 0 Å². The Morgan fingerprint density at radius 2 is 2.04 bits per heavy atom. The van der Waals surface area contributed by atoms with Crippen molar-refractivity contribution in [2.24, 2.45) is 0 Å². The van der Waals surface area contributed by atoms with Crippen LogP contribution in [0.15, 0.2) is 24.3 Å². The van der Waals surface area contributed by atoms with E-state index in [0.717, 1.165) is 17.7 Å². The third-order valence-corrected chi connectivity index (χ3v) is 4.58. The lowest BCUT2D eigenvalue weighted by Crippen LogP contribution is -2.50. The van der Waals surface area contributed by atoms with Crippen LogP contribution in [0.1, 0.15) is 32.8 Å². The van der Waals surface area contributed by atoms with Crippen LogP contribution in [-0.2, 0) is 20.6 Å². The molecule has 6 nitrogen and oxygen atoms in total. The molecule has 0 saturated carbocycles. The molecule has 0 aliphatic carbocycles. The first-order chi connectivity index (χ1) is 11.9. The lowest BCUT2D eigenvalue weighted by molar-refractivity contribution is -0.141. The van der Waals surface area contributed by atoms with Gasteiger partial charge in [-0.05, 0) is 44.9 Å². The van der Waals surface area contributed by atoms with E-state index in [2.05, 4.69) is 17.4 Å². The van der Waals surface area contributed by atoms with Crippen molar-refractivity contribution in [1.82, 2.24) is 5.32 Å². The third-order valence-electron chi connectivity index (χ3n) is 4.58. The Labute approximate surface area is 149 Å². The Kier molecular flexibility index (Phi) is 5.96. The van der Waals surface area contributed by atoms with E-state index in [4.69, 9.17) is 18.9 Å². The van der Waals surface area contributed by atoms with Gasteiger partial charge in [-0.3, -0.25) is 5.32 Å². The second kappa shape index (κ2) is 8.01. The first-order valence-electron chi connectivity index (χ1n) is 9.00. The number of aliphatic hydroxyl groups is 1. The van der Waals surface area contributed by atoms with E-state index in [0.29, 0.717) is 26.4 Å². The van der Waals surface area contributed by atoms with Crippen molar-refractivity contribution in [3.8, 4) is 5.75 Å². The molecule has 1 aromatic rings. The van der Waals surface area contributed by atoms with E-state index in [1.165, 1.54) is 0 Å². The lowest BCUT2D eigenvalue weighted by Gasteiger charge is -2.34. The molecule has 0 spiro atoms. The second-order valence-electron chi connectivity index (χ2n) is 7.29. The molecule has 3 atom stereocenters. The maximum atomic E-state index is 10.9. The van der Waals surface area contributed by atoms with Crippen molar-refractivity contribution < 1.29 is 24.1 Å². The molecule has 2 saturated heterocycles. The minimum absolute atomic E-state index is 0.0192. The smallest absolute Gasteiger partial charge is 0.160 e. The fourth-order valence-corrected chi connectivity index (χ4v) is 3.51. The molecule has 0 radical (unpaired) electrons. The molecule has 2 aliphatic heterocycles. The maximum absolute atomic E-state index is 10.9. The molecule has 0 bridgehead atoms.